The van der Waals surface area contributed by atoms with Gasteiger partial charge in [0.2, 0.25) is 5.91 Å². The zero-order valence-corrected chi connectivity index (χ0v) is 8.88. The first-order chi connectivity index (χ1) is 6.81. The Morgan fingerprint density at radius 3 is 2.29 bits per heavy atom. The van der Waals surface area contributed by atoms with Crippen LogP contribution in [0.5, 0.6) is 0 Å². The van der Waals surface area contributed by atoms with Gasteiger partial charge in [0.15, 0.2) is 0 Å². The van der Waals surface area contributed by atoms with Crippen molar-refractivity contribution in [1.82, 2.24) is 10.6 Å². The number of carbonyl (C=O) groups excluding carboxylic acids is 1. The molecule has 2 aliphatic rings. The van der Waals surface area contributed by atoms with E-state index in [1.165, 1.54) is 25.7 Å². The number of likely N-dealkylation sites (N-methyl/N-ethyl adjacent to an activating group) is 1. The first kappa shape index (κ1) is 9.97. The number of rotatable bonds is 6. The lowest BCUT2D eigenvalue weighted by molar-refractivity contribution is -0.119. The van der Waals surface area contributed by atoms with Crippen LogP contribution in [0.2, 0.25) is 0 Å². The molecule has 2 aliphatic carbocycles. The molecule has 2 N–H and O–H groups in total. The fourth-order valence-corrected chi connectivity index (χ4v) is 2.21. The molecule has 2 saturated carbocycles. The van der Waals surface area contributed by atoms with Gasteiger partial charge in [-0.25, -0.2) is 0 Å². The zero-order chi connectivity index (χ0) is 9.97. The van der Waals surface area contributed by atoms with Gasteiger partial charge < -0.3 is 10.6 Å². The molecule has 14 heavy (non-hydrogen) atoms. The van der Waals surface area contributed by atoms with Crippen LogP contribution in [0.3, 0.4) is 0 Å². The summed E-state index contributed by atoms with van der Waals surface area (Å²) in [7, 11) is 1.68. The molecular weight excluding hydrogens is 176 g/mol. The number of amides is 1. The SMILES string of the molecule is CNC(=O)CNCC(C1CC1)C1CC1. The van der Waals surface area contributed by atoms with E-state index in [0.717, 1.165) is 24.3 Å². The van der Waals surface area contributed by atoms with Crippen molar-refractivity contribution in [3.63, 3.8) is 0 Å². The topological polar surface area (TPSA) is 41.1 Å². The number of hydrogen-bond acceptors (Lipinski definition) is 2. The molecule has 2 rings (SSSR count). The summed E-state index contributed by atoms with van der Waals surface area (Å²) in [6, 6.07) is 0. The highest BCUT2D eigenvalue weighted by atomic mass is 16.1. The smallest absolute Gasteiger partial charge is 0.233 e. The Morgan fingerprint density at radius 1 is 1.29 bits per heavy atom. The third kappa shape index (κ3) is 2.71. The molecule has 2 fully saturated rings. The molecule has 0 saturated heterocycles. The minimum Gasteiger partial charge on any atom is -0.358 e. The van der Waals surface area contributed by atoms with Crippen molar-refractivity contribution in [2.75, 3.05) is 20.1 Å². The second-order valence-corrected chi connectivity index (χ2v) is 4.64. The Balaban J connectivity index is 1.64. The van der Waals surface area contributed by atoms with E-state index in [1.807, 2.05) is 0 Å². The van der Waals surface area contributed by atoms with Crippen molar-refractivity contribution >= 4 is 5.91 Å². The van der Waals surface area contributed by atoms with Crippen LogP contribution in [0.25, 0.3) is 0 Å². The standard InChI is InChI=1S/C11H20N2O/c1-12-11(14)7-13-6-10(8-2-3-8)9-4-5-9/h8-10,13H,2-7H2,1H3,(H,12,14). The summed E-state index contributed by atoms with van der Waals surface area (Å²) in [6.45, 7) is 1.52. The number of nitrogens with one attached hydrogen (secondary N) is 2. The van der Waals surface area contributed by atoms with E-state index in [-0.39, 0.29) is 5.91 Å². The molecule has 0 bridgehead atoms. The van der Waals surface area contributed by atoms with E-state index in [9.17, 15) is 4.79 Å². The third-order valence-electron chi connectivity index (χ3n) is 3.40. The van der Waals surface area contributed by atoms with Gasteiger partial charge in [-0.3, -0.25) is 4.79 Å². The first-order valence-corrected chi connectivity index (χ1v) is 5.72. The Labute approximate surface area is 85.6 Å². The fraction of sp³-hybridized carbons (Fsp3) is 0.909. The highest BCUT2D eigenvalue weighted by molar-refractivity contribution is 5.77. The van der Waals surface area contributed by atoms with E-state index < -0.39 is 0 Å². The van der Waals surface area contributed by atoms with Crippen LogP contribution in [-0.4, -0.2) is 26.0 Å². The Hall–Kier alpha value is -0.570. The van der Waals surface area contributed by atoms with E-state index in [2.05, 4.69) is 10.6 Å². The summed E-state index contributed by atoms with van der Waals surface area (Å²) in [6.07, 6.45) is 5.68. The third-order valence-corrected chi connectivity index (χ3v) is 3.40. The molecule has 0 aromatic rings. The second-order valence-electron chi connectivity index (χ2n) is 4.64. The molecule has 0 aromatic carbocycles. The van der Waals surface area contributed by atoms with E-state index in [4.69, 9.17) is 0 Å². The number of hydrogen-bond donors (Lipinski definition) is 2. The van der Waals surface area contributed by atoms with Crippen molar-refractivity contribution in [2.45, 2.75) is 25.7 Å². The van der Waals surface area contributed by atoms with Crippen LogP contribution in [0, 0.1) is 17.8 Å². The molecular formula is C11H20N2O. The molecule has 0 atom stereocenters. The van der Waals surface area contributed by atoms with Crippen LogP contribution in [0.15, 0.2) is 0 Å². The maximum Gasteiger partial charge on any atom is 0.233 e. The summed E-state index contributed by atoms with van der Waals surface area (Å²) in [5.74, 6) is 2.90. The average molecular weight is 196 g/mol. The van der Waals surface area contributed by atoms with Crippen molar-refractivity contribution in [3.8, 4) is 0 Å². The van der Waals surface area contributed by atoms with Crippen LogP contribution in [0.1, 0.15) is 25.7 Å². The van der Waals surface area contributed by atoms with E-state index in [1.54, 1.807) is 7.05 Å². The predicted molar refractivity (Wildman–Crippen MR) is 55.9 cm³/mol. The predicted octanol–water partition coefficient (Wildman–Crippen LogP) is 0.758. The molecule has 0 spiro atoms. The lowest BCUT2D eigenvalue weighted by atomic mass is 9.98. The van der Waals surface area contributed by atoms with Gasteiger partial charge in [0, 0.05) is 7.05 Å². The fourth-order valence-electron chi connectivity index (χ4n) is 2.21. The maximum absolute atomic E-state index is 11.0. The van der Waals surface area contributed by atoms with E-state index in [0.29, 0.717) is 6.54 Å². The highest BCUT2D eigenvalue weighted by Crippen LogP contribution is 2.48. The highest BCUT2D eigenvalue weighted by Gasteiger charge is 2.40. The van der Waals surface area contributed by atoms with Gasteiger partial charge in [-0.2, -0.15) is 0 Å². The molecule has 0 unspecified atom stereocenters. The molecule has 1 amide bonds. The summed E-state index contributed by atoms with van der Waals surface area (Å²) >= 11 is 0. The quantitative estimate of drug-likeness (QED) is 0.658. The minimum absolute atomic E-state index is 0.0929. The van der Waals surface area contributed by atoms with Crippen molar-refractivity contribution < 1.29 is 4.79 Å². The maximum atomic E-state index is 11.0. The van der Waals surface area contributed by atoms with Gasteiger partial charge in [-0.05, 0) is 50.0 Å². The van der Waals surface area contributed by atoms with Crippen LogP contribution in [-0.2, 0) is 4.79 Å². The Kier molecular flexibility index (Phi) is 3.06. The second kappa shape index (κ2) is 4.30. The number of carbonyl (C=O) groups is 1. The van der Waals surface area contributed by atoms with Gasteiger partial charge >= 0.3 is 0 Å². The molecule has 0 aromatic heterocycles. The Morgan fingerprint density at radius 2 is 1.86 bits per heavy atom. The minimum atomic E-state index is 0.0929. The van der Waals surface area contributed by atoms with Gasteiger partial charge in [-0.15, -0.1) is 0 Å². The van der Waals surface area contributed by atoms with Gasteiger partial charge in [0.25, 0.3) is 0 Å². The van der Waals surface area contributed by atoms with E-state index >= 15 is 0 Å². The molecule has 0 aliphatic heterocycles. The summed E-state index contributed by atoms with van der Waals surface area (Å²) < 4.78 is 0. The molecule has 80 valence electrons. The normalized spacial score (nSPS) is 21.3. The van der Waals surface area contributed by atoms with Crippen molar-refractivity contribution in [2.24, 2.45) is 17.8 Å². The summed E-state index contributed by atoms with van der Waals surface area (Å²) in [5.41, 5.74) is 0. The van der Waals surface area contributed by atoms with Crippen LogP contribution >= 0.6 is 0 Å². The summed E-state index contributed by atoms with van der Waals surface area (Å²) in [4.78, 5) is 11.0. The molecule has 3 heteroatoms. The summed E-state index contributed by atoms with van der Waals surface area (Å²) in [5, 5.41) is 5.89. The zero-order valence-electron chi connectivity index (χ0n) is 8.88. The monoisotopic (exact) mass is 196 g/mol. The first-order valence-electron chi connectivity index (χ1n) is 5.72. The lowest BCUT2D eigenvalue weighted by Gasteiger charge is -2.15. The van der Waals surface area contributed by atoms with Gasteiger partial charge in [0.1, 0.15) is 0 Å². The van der Waals surface area contributed by atoms with Crippen molar-refractivity contribution in [1.29, 1.82) is 0 Å². The average Bonchev–Trinajstić information content (AvgIpc) is 3.03. The van der Waals surface area contributed by atoms with Crippen LogP contribution < -0.4 is 10.6 Å². The molecule has 0 heterocycles. The van der Waals surface area contributed by atoms with Gasteiger partial charge in [-0.1, -0.05) is 0 Å². The largest absolute Gasteiger partial charge is 0.358 e. The molecule has 0 radical (unpaired) electrons. The van der Waals surface area contributed by atoms with Crippen LogP contribution in [0.4, 0.5) is 0 Å². The lowest BCUT2D eigenvalue weighted by Crippen LogP contribution is -2.35. The molecule has 3 nitrogen and oxygen atoms in total. The Bertz CT molecular complexity index is 197. The van der Waals surface area contributed by atoms with Gasteiger partial charge in [0.05, 0.1) is 6.54 Å². The van der Waals surface area contributed by atoms with Crippen molar-refractivity contribution in [3.05, 3.63) is 0 Å².